The fourth-order valence-corrected chi connectivity index (χ4v) is 7.68. The highest BCUT2D eigenvalue weighted by Gasteiger charge is 2.45. The minimum Gasteiger partial charge on any atom is -0.465 e. The maximum atomic E-state index is 6.82. The predicted octanol–water partition coefficient (Wildman–Crippen LogP) is 9.14. The standard InChI is InChI=1S/C38H28BNO3S/c1-38(2,3)23-20-30-33-31(21-23)42-35-36-34(27-16-10-11-17-32(27)44-36)43-37(35)39(33)28-19-18-26(22-29(28)41-30)40(24-12-6-4-7-13-24)25-14-8-5-9-15-25/h4-22H,1-3H3. The number of fused-ring (bicyclic) bond motifs is 8. The van der Waals surface area contributed by atoms with E-state index in [-0.39, 0.29) is 12.1 Å². The molecule has 2 aromatic heterocycles. The van der Waals surface area contributed by atoms with Gasteiger partial charge in [-0.05, 0) is 71.0 Å². The van der Waals surface area contributed by atoms with Crippen LogP contribution in [0.15, 0.2) is 120 Å². The average Bonchev–Trinajstić information content (AvgIpc) is 3.58. The van der Waals surface area contributed by atoms with Crippen molar-refractivity contribution in [3.63, 3.8) is 0 Å². The number of hydrogen-bond acceptors (Lipinski definition) is 5. The predicted molar refractivity (Wildman–Crippen MR) is 183 cm³/mol. The van der Waals surface area contributed by atoms with Crippen molar-refractivity contribution in [1.29, 1.82) is 0 Å². The van der Waals surface area contributed by atoms with Crippen LogP contribution in [-0.4, -0.2) is 6.71 Å². The summed E-state index contributed by atoms with van der Waals surface area (Å²) in [7, 11) is 0. The third-order valence-corrected chi connectivity index (χ3v) is 9.89. The van der Waals surface area contributed by atoms with E-state index in [0.717, 1.165) is 72.3 Å². The topological polar surface area (TPSA) is 34.8 Å². The van der Waals surface area contributed by atoms with Crippen LogP contribution in [0.25, 0.3) is 20.4 Å². The summed E-state index contributed by atoms with van der Waals surface area (Å²) >= 11 is 1.73. The molecule has 0 bridgehead atoms. The molecule has 5 aromatic carbocycles. The Hall–Kier alpha value is -4.94. The number of benzene rings is 5. The summed E-state index contributed by atoms with van der Waals surface area (Å²) in [5.41, 5.74) is 8.10. The first-order valence-corrected chi connectivity index (χ1v) is 15.8. The average molecular weight is 590 g/mol. The number of ether oxygens (including phenoxy) is 2. The molecule has 4 heterocycles. The van der Waals surface area contributed by atoms with Crippen LogP contribution in [0.5, 0.6) is 23.0 Å². The Morgan fingerprint density at radius 2 is 1.32 bits per heavy atom. The summed E-state index contributed by atoms with van der Waals surface area (Å²) in [6, 6.07) is 40.2. The van der Waals surface area contributed by atoms with Crippen LogP contribution in [0.1, 0.15) is 26.3 Å². The summed E-state index contributed by atoms with van der Waals surface area (Å²) in [4.78, 5) is 2.26. The molecule has 4 nitrogen and oxygen atoms in total. The smallest absolute Gasteiger partial charge is 0.305 e. The molecular weight excluding hydrogens is 561 g/mol. The molecule has 0 fully saturated rings. The van der Waals surface area contributed by atoms with E-state index in [1.165, 1.54) is 10.3 Å². The number of anilines is 3. The van der Waals surface area contributed by atoms with E-state index in [9.17, 15) is 0 Å². The quantitative estimate of drug-likeness (QED) is 0.193. The first kappa shape index (κ1) is 25.6. The van der Waals surface area contributed by atoms with Gasteiger partial charge in [-0.25, -0.2) is 0 Å². The second kappa shape index (κ2) is 9.28. The van der Waals surface area contributed by atoms with Gasteiger partial charge in [-0.1, -0.05) is 75.4 Å². The Bertz CT molecular complexity index is 2190. The Kier molecular flexibility index (Phi) is 5.39. The number of nitrogens with zero attached hydrogens (tertiary/aromatic N) is 1. The number of thiophene rings is 1. The van der Waals surface area contributed by atoms with Gasteiger partial charge in [0, 0.05) is 38.7 Å². The highest BCUT2D eigenvalue weighted by molar-refractivity contribution is 7.26. The highest BCUT2D eigenvalue weighted by Crippen LogP contribution is 2.46. The lowest BCUT2D eigenvalue weighted by atomic mass is 9.37. The Morgan fingerprint density at radius 3 is 2.02 bits per heavy atom. The van der Waals surface area contributed by atoms with E-state index in [4.69, 9.17) is 13.9 Å². The summed E-state index contributed by atoms with van der Waals surface area (Å²) in [5.74, 6) is 3.31. The molecule has 0 N–H and O–H groups in total. The van der Waals surface area contributed by atoms with Crippen LogP contribution in [0, 0.1) is 0 Å². The van der Waals surface area contributed by atoms with Crippen molar-refractivity contribution in [2.75, 3.05) is 4.90 Å². The summed E-state index contributed by atoms with van der Waals surface area (Å²) in [5, 5.41) is 1.12. The second-order valence-electron chi connectivity index (χ2n) is 12.6. The SMILES string of the molecule is CC(C)(C)c1cc2c3c(c1)Oc1c(oc4c1sc1ccccc14)B3c1ccc(N(c3ccccc3)c3ccccc3)cc1O2. The van der Waals surface area contributed by atoms with Gasteiger partial charge in [0.15, 0.2) is 11.3 Å². The zero-order valence-electron chi connectivity index (χ0n) is 24.6. The van der Waals surface area contributed by atoms with Crippen molar-refractivity contribution in [2.45, 2.75) is 26.2 Å². The van der Waals surface area contributed by atoms with E-state index in [1.54, 1.807) is 11.3 Å². The molecule has 9 rings (SSSR count). The van der Waals surface area contributed by atoms with E-state index < -0.39 is 0 Å². The Morgan fingerprint density at radius 1 is 0.659 bits per heavy atom. The molecule has 0 saturated carbocycles. The van der Waals surface area contributed by atoms with Gasteiger partial charge in [-0.2, -0.15) is 0 Å². The van der Waals surface area contributed by atoms with Crippen LogP contribution in [0.4, 0.5) is 17.1 Å². The van der Waals surface area contributed by atoms with Crippen LogP contribution in [-0.2, 0) is 5.41 Å². The molecule has 212 valence electrons. The van der Waals surface area contributed by atoms with E-state index in [0.29, 0.717) is 0 Å². The monoisotopic (exact) mass is 589 g/mol. The second-order valence-corrected chi connectivity index (χ2v) is 13.6. The molecular formula is C38H28BNO3S. The van der Waals surface area contributed by atoms with Crippen molar-refractivity contribution in [1.82, 2.24) is 0 Å². The number of rotatable bonds is 3. The van der Waals surface area contributed by atoms with Gasteiger partial charge >= 0.3 is 6.71 Å². The lowest BCUT2D eigenvalue weighted by Crippen LogP contribution is -2.57. The maximum Gasteiger partial charge on any atom is 0.305 e. The van der Waals surface area contributed by atoms with E-state index in [2.05, 4.69) is 129 Å². The van der Waals surface area contributed by atoms with Crippen LogP contribution in [0.2, 0.25) is 0 Å². The molecule has 0 unspecified atom stereocenters. The van der Waals surface area contributed by atoms with Gasteiger partial charge in [-0.3, -0.25) is 0 Å². The normalized spacial score (nSPS) is 13.2. The third kappa shape index (κ3) is 3.77. The van der Waals surface area contributed by atoms with Gasteiger partial charge in [0.1, 0.15) is 27.6 Å². The molecule has 0 aliphatic carbocycles. The molecule has 7 aromatic rings. The van der Waals surface area contributed by atoms with E-state index in [1.807, 2.05) is 12.1 Å². The van der Waals surface area contributed by atoms with Crippen molar-refractivity contribution in [3.05, 3.63) is 121 Å². The van der Waals surface area contributed by atoms with Crippen molar-refractivity contribution in [2.24, 2.45) is 0 Å². The Balaban J connectivity index is 1.27. The maximum absolute atomic E-state index is 6.82. The fraction of sp³-hybridized carbons (Fsp3) is 0.105. The van der Waals surface area contributed by atoms with Crippen LogP contribution >= 0.6 is 11.3 Å². The van der Waals surface area contributed by atoms with Crippen molar-refractivity contribution < 1.29 is 13.9 Å². The van der Waals surface area contributed by atoms with Gasteiger partial charge in [0.25, 0.3) is 0 Å². The summed E-state index contributed by atoms with van der Waals surface area (Å²) in [6.45, 7) is 6.53. The minimum absolute atomic E-state index is 0.0864. The first-order chi connectivity index (χ1) is 21.4. The number of para-hydroxylation sites is 2. The van der Waals surface area contributed by atoms with Crippen molar-refractivity contribution >= 4 is 72.1 Å². The molecule has 0 saturated heterocycles. The van der Waals surface area contributed by atoms with E-state index >= 15 is 0 Å². The zero-order valence-corrected chi connectivity index (χ0v) is 25.4. The van der Waals surface area contributed by atoms with Gasteiger partial charge in [0.2, 0.25) is 0 Å². The third-order valence-electron chi connectivity index (χ3n) is 8.74. The Labute approximate surface area is 260 Å². The highest BCUT2D eigenvalue weighted by atomic mass is 32.1. The summed E-state index contributed by atoms with van der Waals surface area (Å²) < 4.78 is 22.6. The number of furan rings is 1. The molecule has 0 atom stereocenters. The van der Waals surface area contributed by atoms with Crippen molar-refractivity contribution in [3.8, 4) is 23.0 Å². The molecule has 0 radical (unpaired) electrons. The van der Waals surface area contributed by atoms with Gasteiger partial charge < -0.3 is 18.8 Å². The number of hydrogen-bond donors (Lipinski definition) is 0. The minimum atomic E-state index is -0.143. The molecule has 0 spiro atoms. The molecule has 6 heteroatoms. The molecule has 44 heavy (non-hydrogen) atoms. The molecule has 2 aliphatic heterocycles. The first-order valence-electron chi connectivity index (χ1n) is 15.0. The molecule has 2 aliphatic rings. The van der Waals surface area contributed by atoms with Crippen LogP contribution in [0.3, 0.4) is 0 Å². The zero-order chi connectivity index (χ0) is 29.6. The van der Waals surface area contributed by atoms with Crippen LogP contribution < -0.4 is 31.0 Å². The summed E-state index contributed by atoms with van der Waals surface area (Å²) in [6.07, 6.45) is 0. The molecule has 0 amide bonds. The lowest BCUT2D eigenvalue weighted by molar-refractivity contribution is 0.455. The lowest BCUT2D eigenvalue weighted by Gasteiger charge is -2.33. The van der Waals surface area contributed by atoms with Gasteiger partial charge in [0.05, 0.1) is 0 Å². The largest absolute Gasteiger partial charge is 0.465 e. The fourth-order valence-electron chi connectivity index (χ4n) is 6.56. The van der Waals surface area contributed by atoms with Gasteiger partial charge in [-0.15, -0.1) is 11.3 Å².